The molecular weight excluding hydrogens is 334 g/mol. The number of fused-ring (bicyclic) bond motifs is 1. The van der Waals surface area contributed by atoms with Gasteiger partial charge in [-0.2, -0.15) is 0 Å². The first kappa shape index (κ1) is 17.7. The molecule has 0 saturated heterocycles. The topological polar surface area (TPSA) is 46.1 Å². The standard InChI is InChI=1S/C23H25N3O/c1-4-16-8-11-20-18(14-16)19(13-15(2)25-20)23(27)26(3)22(17-9-10-17)21-7-5-6-12-24-21/h5-8,11-14,17,22H,4,9-10H2,1-3H3/t22-/m1/s1. The number of amides is 1. The van der Waals surface area contributed by atoms with Gasteiger partial charge < -0.3 is 4.90 Å². The Hall–Kier alpha value is -2.75. The second-order valence-electron chi connectivity index (χ2n) is 7.47. The van der Waals surface area contributed by atoms with Crippen LogP contribution in [-0.4, -0.2) is 27.8 Å². The van der Waals surface area contributed by atoms with Gasteiger partial charge in [-0.25, -0.2) is 0 Å². The number of nitrogens with zero attached hydrogens (tertiary/aromatic N) is 3. The van der Waals surface area contributed by atoms with Crippen molar-refractivity contribution >= 4 is 16.8 Å². The molecule has 0 N–H and O–H groups in total. The maximum atomic E-state index is 13.5. The Morgan fingerprint density at radius 1 is 1.22 bits per heavy atom. The summed E-state index contributed by atoms with van der Waals surface area (Å²) in [4.78, 5) is 24.6. The third-order valence-corrected chi connectivity index (χ3v) is 5.44. The second kappa shape index (κ2) is 7.10. The summed E-state index contributed by atoms with van der Waals surface area (Å²) in [5.41, 5.74) is 4.67. The first-order valence-corrected chi connectivity index (χ1v) is 9.67. The quantitative estimate of drug-likeness (QED) is 0.662. The van der Waals surface area contributed by atoms with E-state index in [4.69, 9.17) is 0 Å². The van der Waals surface area contributed by atoms with Crippen molar-refractivity contribution in [3.05, 3.63) is 71.2 Å². The zero-order chi connectivity index (χ0) is 19.0. The second-order valence-corrected chi connectivity index (χ2v) is 7.47. The van der Waals surface area contributed by atoms with E-state index in [2.05, 4.69) is 29.0 Å². The molecule has 2 aromatic heterocycles. The summed E-state index contributed by atoms with van der Waals surface area (Å²) in [5.74, 6) is 0.538. The summed E-state index contributed by atoms with van der Waals surface area (Å²) < 4.78 is 0. The lowest BCUT2D eigenvalue weighted by atomic mass is 10.0. The molecule has 0 aliphatic heterocycles. The smallest absolute Gasteiger partial charge is 0.254 e. The fourth-order valence-electron chi connectivity index (χ4n) is 3.84. The Kier molecular flexibility index (Phi) is 4.65. The summed E-state index contributed by atoms with van der Waals surface area (Å²) in [6, 6.07) is 14.1. The Morgan fingerprint density at radius 3 is 2.70 bits per heavy atom. The molecule has 0 radical (unpaired) electrons. The average molecular weight is 359 g/mol. The maximum Gasteiger partial charge on any atom is 0.254 e. The van der Waals surface area contributed by atoms with Crippen LogP contribution in [0.5, 0.6) is 0 Å². The van der Waals surface area contributed by atoms with Gasteiger partial charge >= 0.3 is 0 Å². The minimum atomic E-state index is 0.0246. The van der Waals surface area contributed by atoms with Gasteiger partial charge in [0.15, 0.2) is 0 Å². The van der Waals surface area contributed by atoms with Gasteiger partial charge in [-0.1, -0.05) is 19.1 Å². The summed E-state index contributed by atoms with van der Waals surface area (Å²) in [7, 11) is 1.91. The Bertz CT molecular complexity index is 980. The normalized spacial score (nSPS) is 14.9. The fraction of sp³-hybridized carbons (Fsp3) is 0.348. The molecule has 1 saturated carbocycles. The van der Waals surface area contributed by atoms with Crippen LogP contribution in [0.15, 0.2) is 48.7 Å². The van der Waals surface area contributed by atoms with Crippen LogP contribution in [-0.2, 0) is 6.42 Å². The van der Waals surface area contributed by atoms with E-state index in [1.54, 1.807) is 0 Å². The van der Waals surface area contributed by atoms with Crippen LogP contribution in [0.3, 0.4) is 0 Å². The molecule has 4 heteroatoms. The van der Waals surface area contributed by atoms with Crippen LogP contribution in [0.25, 0.3) is 10.9 Å². The molecule has 1 fully saturated rings. The Morgan fingerprint density at radius 2 is 2.04 bits per heavy atom. The van der Waals surface area contributed by atoms with Crippen LogP contribution in [0, 0.1) is 12.8 Å². The fourth-order valence-corrected chi connectivity index (χ4v) is 3.84. The number of benzene rings is 1. The summed E-state index contributed by atoms with van der Waals surface area (Å²) >= 11 is 0. The van der Waals surface area contributed by atoms with Crippen molar-refractivity contribution in [1.29, 1.82) is 0 Å². The lowest BCUT2D eigenvalue weighted by molar-refractivity contribution is 0.0709. The molecule has 2 heterocycles. The molecule has 4 nitrogen and oxygen atoms in total. The maximum absolute atomic E-state index is 13.5. The number of hydrogen-bond donors (Lipinski definition) is 0. The molecule has 1 aliphatic carbocycles. The highest BCUT2D eigenvalue weighted by Crippen LogP contribution is 2.44. The van der Waals surface area contributed by atoms with E-state index in [0.29, 0.717) is 5.92 Å². The van der Waals surface area contributed by atoms with Crippen LogP contribution in [0.4, 0.5) is 0 Å². The van der Waals surface area contributed by atoms with Crippen molar-refractivity contribution in [3.63, 3.8) is 0 Å². The predicted octanol–water partition coefficient (Wildman–Crippen LogP) is 4.72. The third kappa shape index (κ3) is 3.44. The third-order valence-electron chi connectivity index (χ3n) is 5.44. The monoisotopic (exact) mass is 359 g/mol. The zero-order valence-electron chi connectivity index (χ0n) is 16.1. The molecule has 138 valence electrons. The molecule has 4 rings (SSSR count). The van der Waals surface area contributed by atoms with E-state index >= 15 is 0 Å². The summed E-state index contributed by atoms with van der Waals surface area (Å²) in [6.07, 6.45) is 5.04. The molecule has 1 aromatic carbocycles. The first-order valence-electron chi connectivity index (χ1n) is 9.67. The molecule has 1 atom stereocenters. The SMILES string of the molecule is CCc1ccc2nc(C)cc(C(=O)N(C)[C@@H](c3ccccn3)C3CC3)c2c1. The van der Waals surface area contributed by atoms with Gasteiger partial charge in [-0.15, -0.1) is 0 Å². The first-order chi connectivity index (χ1) is 13.1. The van der Waals surface area contributed by atoms with E-state index in [1.807, 2.05) is 55.4 Å². The minimum Gasteiger partial charge on any atom is -0.333 e. The van der Waals surface area contributed by atoms with Gasteiger partial charge in [-0.3, -0.25) is 14.8 Å². The molecule has 0 bridgehead atoms. The van der Waals surface area contributed by atoms with Crippen molar-refractivity contribution in [2.24, 2.45) is 5.92 Å². The molecule has 1 aliphatic rings. The lowest BCUT2D eigenvalue weighted by Crippen LogP contribution is -2.33. The Labute approximate surface area is 160 Å². The van der Waals surface area contributed by atoms with E-state index in [9.17, 15) is 4.79 Å². The van der Waals surface area contributed by atoms with Gasteiger partial charge in [0.05, 0.1) is 22.8 Å². The number of hydrogen-bond acceptors (Lipinski definition) is 3. The number of rotatable bonds is 5. The van der Waals surface area contributed by atoms with Crippen molar-refractivity contribution in [3.8, 4) is 0 Å². The predicted molar refractivity (Wildman–Crippen MR) is 108 cm³/mol. The minimum absolute atomic E-state index is 0.0246. The van der Waals surface area contributed by atoms with Gasteiger partial charge in [0, 0.05) is 24.3 Å². The van der Waals surface area contributed by atoms with Gasteiger partial charge in [-0.05, 0) is 68.0 Å². The van der Waals surface area contributed by atoms with Crippen LogP contribution < -0.4 is 0 Å². The lowest BCUT2D eigenvalue weighted by Gasteiger charge is -2.28. The van der Waals surface area contributed by atoms with E-state index in [0.717, 1.165) is 47.1 Å². The van der Waals surface area contributed by atoms with Crippen LogP contribution in [0.1, 0.15) is 53.1 Å². The number of pyridine rings is 2. The Balaban J connectivity index is 1.77. The average Bonchev–Trinajstić information content (AvgIpc) is 3.52. The number of carbonyl (C=O) groups is 1. The van der Waals surface area contributed by atoms with Gasteiger partial charge in [0.2, 0.25) is 0 Å². The summed E-state index contributed by atoms with van der Waals surface area (Å²) in [6.45, 7) is 4.07. The molecule has 3 aromatic rings. The van der Waals surface area contributed by atoms with Gasteiger partial charge in [0.1, 0.15) is 0 Å². The largest absolute Gasteiger partial charge is 0.333 e. The highest BCUT2D eigenvalue weighted by molar-refractivity contribution is 6.06. The molecule has 27 heavy (non-hydrogen) atoms. The van der Waals surface area contributed by atoms with Crippen molar-refractivity contribution in [2.45, 2.75) is 39.2 Å². The van der Waals surface area contributed by atoms with E-state index in [-0.39, 0.29) is 11.9 Å². The summed E-state index contributed by atoms with van der Waals surface area (Å²) in [5, 5.41) is 0.937. The van der Waals surface area contributed by atoms with E-state index < -0.39 is 0 Å². The van der Waals surface area contributed by atoms with Crippen molar-refractivity contribution < 1.29 is 4.79 Å². The molecule has 1 amide bonds. The number of aromatic nitrogens is 2. The molecular formula is C23H25N3O. The molecule has 0 unspecified atom stereocenters. The van der Waals surface area contributed by atoms with Crippen molar-refractivity contribution in [2.75, 3.05) is 7.05 Å². The van der Waals surface area contributed by atoms with Crippen molar-refractivity contribution in [1.82, 2.24) is 14.9 Å². The highest BCUT2D eigenvalue weighted by atomic mass is 16.2. The van der Waals surface area contributed by atoms with E-state index in [1.165, 1.54) is 5.56 Å². The van der Waals surface area contributed by atoms with Crippen LogP contribution in [0.2, 0.25) is 0 Å². The zero-order valence-corrected chi connectivity index (χ0v) is 16.1. The number of aryl methyl sites for hydroxylation is 2. The number of carbonyl (C=O) groups excluding carboxylic acids is 1. The van der Waals surface area contributed by atoms with Crippen LogP contribution >= 0.6 is 0 Å². The molecule has 0 spiro atoms. The van der Waals surface area contributed by atoms with Gasteiger partial charge in [0.25, 0.3) is 5.91 Å². The highest BCUT2D eigenvalue weighted by Gasteiger charge is 2.38.